The van der Waals surface area contributed by atoms with E-state index >= 15 is 0 Å². The van der Waals surface area contributed by atoms with Crippen LogP contribution in [0.5, 0.6) is 0 Å². The summed E-state index contributed by atoms with van der Waals surface area (Å²) in [6.45, 7) is 7.28. The normalized spacial score (nSPS) is 12.6. The molecule has 0 saturated heterocycles. The van der Waals surface area contributed by atoms with Gasteiger partial charge in [-0.2, -0.15) is 5.10 Å². The van der Waals surface area contributed by atoms with Crippen LogP contribution in [0.2, 0.25) is 0 Å². The Balaban J connectivity index is 2.08. The van der Waals surface area contributed by atoms with Crippen molar-refractivity contribution in [1.29, 1.82) is 0 Å². The van der Waals surface area contributed by atoms with E-state index in [1.807, 2.05) is 7.05 Å². The van der Waals surface area contributed by atoms with Crippen LogP contribution in [-0.2, 0) is 19.4 Å². The summed E-state index contributed by atoms with van der Waals surface area (Å²) in [4.78, 5) is 0. The van der Waals surface area contributed by atoms with E-state index in [-0.39, 0.29) is 0 Å². The lowest BCUT2D eigenvalue weighted by atomic mass is 10.0. The molecule has 3 heteroatoms. The molecule has 3 nitrogen and oxygen atoms in total. The summed E-state index contributed by atoms with van der Waals surface area (Å²) in [6.07, 6.45) is 2.06. The predicted octanol–water partition coefficient (Wildman–Crippen LogP) is 2.89. The Labute approximate surface area is 122 Å². The first-order valence-electron chi connectivity index (χ1n) is 7.38. The summed E-state index contributed by atoms with van der Waals surface area (Å²) >= 11 is 0. The molecule has 1 N–H and O–H groups in total. The van der Waals surface area contributed by atoms with Crippen LogP contribution in [0, 0.1) is 13.8 Å². The van der Waals surface area contributed by atoms with Gasteiger partial charge in [0.2, 0.25) is 0 Å². The molecule has 0 saturated carbocycles. The highest BCUT2D eigenvalue weighted by atomic mass is 15.3. The van der Waals surface area contributed by atoms with Crippen LogP contribution < -0.4 is 5.32 Å². The Hall–Kier alpha value is -1.61. The van der Waals surface area contributed by atoms with Gasteiger partial charge in [0, 0.05) is 24.7 Å². The zero-order chi connectivity index (χ0) is 14.5. The second-order valence-corrected chi connectivity index (χ2v) is 5.48. The first kappa shape index (κ1) is 14.8. The molecule has 1 atom stereocenters. The molecule has 20 heavy (non-hydrogen) atoms. The topological polar surface area (TPSA) is 29.9 Å². The van der Waals surface area contributed by atoms with Crippen molar-refractivity contribution >= 4 is 0 Å². The molecule has 0 fully saturated rings. The van der Waals surface area contributed by atoms with Crippen molar-refractivity contribution in [1.82, 2.24) is 15.1 Å². The van der Waals surface area contributed by atoms with Crippen molar-refractivity contribution < 1.29 is 0 Å². The maximum absolute atomic E-state index is 4.53. The number of nitrogens with one attached hydrogen (secondary N) is 1. The van der Waals surface area contributed by atoms with E-state index in [4.69, 9.17) is 0 Å². The lowest BCUT2D eigenvalue weighted by molar-refractivity contribution is 0.520. The van der Waals surface area contributed by atoms with Crippen LogP contribution in [-0.4, -0.2) is 22.9 Å². The minimum absolute atomic E-state index is 0.443. The van der Waals surface area contributed by atoms with Gasteiger partial charge in [-0.25, -0.2) is 0 Å². The molecule has 0 aliphatic heterocycles. The van der Waals surface area contributed by atoms with Crippen molar-refractivity contribution in [2.75, 3.05) is 7.05 Å². The fraction of sp³-hybridized carbons (Fsp3) is 0.471. The minimum Gasteiger partial charge on any atom is -0.316 e. The number of benzene rings is 1. The fourth-order valence-corrected chi connectivity index (χ4v) is 2.69. The second-order valence-electron chi connectivity index (χ2n) is 5.48. The standard InChI is InChI=1S/C17H25N3/c1-5-20-17(10-14(3)19-20)12-16(18-4)11-15-8-6-7-13(2)9-15/h6-10,16,18H,5,11-12H2,1-4H3. The molecule has 0 radical (unpaired) electrons. The van der Waals surface area contributed by atoms with E-state index in [0.717, 1.165) is 25.1 Å². The smallest absolute Gasteiger partial charge is 0.0596 e. The van der Waals surface area contributed by atoms with Crippen LogP contribution >= 0.6 is 0 Å². The maximum atomic E-state index is 4.53. The Morgan fingerprint density at radius 2 is 2.00 bits per heavy atom. The number of hydrogen-bond acceptors (Lipinski definition) is 2. The fourth-order valence-electron chi connectivity index (χ4n) is 2.69. The molecule has 1 aromatic heterocycles. The van der Waals surface area contributed by atoms with Crippen molar-refractivity contribution in [2.24, 2.45) is 0 Å². The molecule has 2 rings (SSSR count). The number of hydrogen-bond donors (Lipinski definition) is 1. The molecule has 0 aliphatic carbocycles. The molecule has 108 valence electrons. The van der Waals surface area contributed by atoms with Crippen LogP contribution in [0.15, 0.2) is 30.3 Å². The third-order valence-corrected chi connectivity index (χ3v) is 3.71. The molecule has 0 aliphatic rings. The van der Waals surface area contributed by atoms with Crippen LogP contribution in [0.25, 0.3) is 0 Å². The SMILES string of the molecule is CCn1nc(C)cc1CC(Cc1cccc(C)c1)NC. The van der Waals surface area contributed by atoms with Crippen LogP contribution in [0.3, 0.4) is 0 Å². The average Bonchev–Trinajstić information content (AvgIpc) is 2.78. The Morgan fingerprint density at radius 3 is 2.65 bits per heavy atom. The first-order valence-corrected chi connectivity index (χ1v) is 7.38. The van der Waals surface area contributed by atoms with Gasteiger partial charge in [0.05, 0.1) is 5.69 Å². The highest BCUT2D eigenvalue weighted by Crippen LogP contribution is 2.12. The van der Waals surface area contributed by atoms with Crippen molar-refractivity contribution in [3.05, 3.63) is 52.8 Å². The molecule has 0 spiro atoms. The molecule has 0 bridgehead atoms. The van der Waals surface area contributed by atoms with E-state index in [1.54, 1.807) is 0 Å². The summed E-state index contributed by atoms with van der Waals surface area (Å²) in [6, 6.07) is 11.4. The average molecular weight is 271 g/mol. The monoisotopic (exact) mass is 271 g/mol. The number of rotatable bonds is 6. The molecular formula is C17H25N3. The van der Waals surface area contributed by atoms with Crippen LogP contribution in [0.1, 0.15) is 29.4 Å². The molecule has 1 unspecified atom stereocenters. The van der Waals surface area contributed by atoms with Gasteiger partial charge >= 0.3 is 0 Å². The summed E-state index contributed by atoms with van der Waals surface area (Å²) in [5.41, 5.74) is 5.14. The van der Waals surface area contributed by atoms with Gasteiger partial charge < -0.3 is 5.32 Å². The van der Waals surface area contributed by atoms with E-state index in [2.05, 4.69) is 66.2 Å². The van der Waals surface area contributed by atoms with E-state index < -0.39 is 0 Å². The Morgan fingerprint density at radius 1 is 1.20 bits per heavy atom. The Bertz CT molecular complexity index is 557. The first-order chi connectivity index (χ1) is 9.62. The summed E-state index contributed by atoms with van der Waals surface area (Å²) in [7, 11) is 2.04. The molecular weight excluding hydrogens is 246 g/mol. The largest absolute Gasteiger partial charge is 0.316 e. The van der Waals surface area contributed by atoms with E-state index in [0.29, 0.717) is 6.04 Å². The highest BCUT2D eigenvalue weighted by Gasteiger charge is 2.12. The molecule has 1 aromatic carbocycles. The quantitative estimate of drug-likeness (QED) is 0.875. The van der Waals surface area contributed by atoms with Gasteiger partial charge in [0.15, 0.2) is 0 Å². The van der Waals surface area contributed by atoms with Gasteiger partial charge in [0.1, 0.15) is 0 Å². The second kappa shape index (κ2) is 6.71. The number of nitrogens with zero attached hydrogens (tertiary/aromatic N) is 2. The highest BCUT2D eigenvalue weighted by molar-refractivity contribution is 5.23. The van der Waals surface area contributed by atoms with Gasteiger partial charge in [0.25, 0.3) is 0 Å². The summed E-state index contributed by atoms with van der Waals surface area (Å²) in [5.74, 6) is 0. The van der Waals surface area contributed by atoms with Crippen molar-refractivity contribution in [2.45, 2.75) is 46.2 Å². The third-order valence-electron chi connectivity index (χ3n) is 3.71. The molecule has 2 aromatic rings. The third kappa shape index (κ3) is 3.70. The van der Waals surface area contributed by atoms with Gasteiger partial charge in [-0.05, 0) is 45.9 Å². The van der Waals surface area contributed by atoms with Crippen LogP contribution in [0.4, 0.5) is 0 Å². The lowest BCUT2D eigenvalue weighted by Gasteiger charge is -2.17. The van der Waals surface area contributed by atoms with Gasteiger partial charge in [-0.3, -0.25) is 4.68 Å². The van der Waals surface area contributed by atoms with Crippen molar-refractivity contribution in [3.8, 4) is 0 Å². The van der Waals surface area contributed by atoms with Gasteiger partial charge in [-0.15, -0.1) is 0 Å². The number of likely N-dealkylation sites (N-methyl/N-ethyl adjacent to an activating group) is 1. The zero-order valence-corrected chi connectivity index (χ0v) is 13.0. The minimum atomic E-state index is 0.443. The maximum Gasteiger partial charge on any atom is 0.0596 e. The molecule has 1 heterocycles. The number of aryl methyl sites for hydroxylation is 3. The zero-order valence-electron chi connectivity index (χ0n) is 13.0. The van der Waals surface area contributed by atoms with Gasteiger partial charge in [-0.1, -0.05) is 29.8 Å². The molecule has 0 amide bonds. The van der Waals surface area contributed by atoms with E-state index in [9.17, 15) is 0 Å². The number of aromatic nitrogens is 2. The van der Waals surface area contributed by atoms with Crippen molar-refractivity contribution in [3.63, 3.8) is 0 Å². The lowest BCUT2D eigenvalue weighted by Crippen LogP contribution is -2.30. The summed E-state index contributed by atoms with van der Waals surface area (Å²) < 4.78 is 2.11. The predicted molar refractivity (Wildman–Crippen MR) is 84.1 cm³/mol. The summed E-state index contributed by atoms with van der Waals surface area (Å²) in [5, 5.41) is 7.96. The van der Waals surface area contributed by atoms with E-state index in [1.165, 1.54) is 16.8 Å². The Kier molecular flexibility index (Phi) is 4.96.